The van der Waals surface area contributed by atoms with E-state index in [2.05, 4.69) is 85.5 Å². The Hall–Kier alpha value is -2.91. The standard InChI is InChI=1S/C26H26N2O/c1-26(2,18-8-4-3-5-9-18)19-14-15-27-25(16-19)28-23-11-7-6-10-21(23)22-13-12-20(29)17-24(22)28/h3-11,14-17,20,22,29H,12-13H2,1-2H3/t20?,22-/m1/s1. The molecule has 2 aromatic carbocycles. The lowest BCUT2D eigenvalue weighted by Gasteiger charge is -2.30. The Balaban J connectivity index is 1.62. The van der Waals surface area contributed by atoms with E-state index in [1.165, 1.54) is 22.4 Å². The van der Waals surface area contributed by atoms with Crippen LogP contribution in [0.5, 0.6) is 0 Å². The van der Waals surface area contributed by atoms with Crippen LogP contribution < -0.4 is 4.90 Å². The van der Waals surface area contributed by atoms with Crippen LogP contribution in [0.2, 0.25) is 0 Å². The zero-order valence-electron chi connectivity index (χ0n) is 16.9. The van der Waals surface area contributed by atoms with E-state index in [9.17, 15) is 5.11 Å². The SMILES string of the molecule is CC(C)(c1ccccc1)c1ccnc(N2C3=CC(O)CC[C@@H]3c3ccccc32)c1. The summed E-state index contributed by atoms with van der Waals surface area (Å²) in [4.78, 5) is 6.99. The van der Waals surface area contributed by atoms with Gasteiger partial charge in [0.2, 0.25) is 0 Å². The molecule has 1 unspecified atom stereocenters. The lowest BCUT2D eigenvalue weighted by Crippen LogP contribution is -2.23. The molecule has 2 atom stereocenters. The first-order valence-electron chi connectivity index (χ1n) is 10.4. The average Bonchev–Trinajstić information content (AvgIpc) is 3.08. The molecule has 1 aliphatic heterocycles. The minimum absolute atomic E-state index is 0.127. The molecule has 3 heteroatoms. The topological polar surface area (TPSA) is 36.4 Å². The van der Waals surface area contributed by atoms with Gasteiger partial charge in [-0.15, -0.1) is 0 Å². The number of aliphatic hydroxyl groups is 1. The van der Waals surface area contributed by atoms with Crippen molar-refractivity contribution in [2.75, 3.05) is 4.90 Å². The summed E-state index contributed by atoms with van der Waals surface area (Å²) in [6.07, 6.45) is 5.32. The second kappa shape index (κ2) is 6.85. The van der Waals surface area contributed by atoms with Gasteiger partial charge in [-0.05, 0) is 53.8 Å². The van der Waals surface area contributed by atoms with Crippen molar-refractivity contribution in [1.82, 2.24) is 4.98 Å². The highest BCUT2D eigenvalue weighted by atomic mass is 16.3. The van der Waals surface area contributed by atoms with Crippen molar-refractivity contribution in [3.05, 3.63) is 101 Å². The normalized spacial score (nSPS) is 20.8. The van der Waals surface area contributed by atoms with Crippen molar-refractivity contribution in [3.8, 4) is 0 Å². The first kappa shape index (κ1) is 18.1. The van der Waals surface area contributed by atoms with E-state index < -0.39 is 0 Å². The summed E-state index contributed by atoms with van der Waals surface area (Å²) in [7, 11) is 0. The molecule has 1 aliphatic carbocycles. The number of rotatable bonds is 3. The molecule has 0 spiro atoms. The van der Waals surface area contributed by atoms with Crippen LogP contribution in [0.15, 0.2) is 84.7 Å². The zero-order valence-corrected chi connectivity index (χ0v) is 16.9. The number of hydrogen-bond donors (Lipinski definition) is 1. The molecular weight excluding hydrogens is 356 g/mol. The maximum atomic E-state index is 10.3. The van der Waals surface area contributed by atoms with Gasteiger partial charge in [-0.3, -0.25) is 4.90 Å². The van der Waals surface area contributed by atoms with Crippen LogP contribution in [0.25, 0.3) is 0 Å². The molecule has 0 saturated heterocycles. The van der Waals surface area contributed by atoms with E-state index in [0.29, 0.717) is 5.92 Å². The van der Waals surface area contributed by atoms with E-state index in [4.69, 9.17) is 4.98 Å². The molecule has 0 fully saturated rings. The summed E-state index contributed by atoms with van der Waals surface area (Å²) < 4.78 is 0. The number of para-hydroxylation sites is 1. The van der Waals surface area contributed by atoms with E-state index in [0.717, 1.165) is 24.4 Å². The molecule has 29 heavy (non-hydrogen) atoms. The number of aromatic nitrogens is 1. The van der Waals surface area contributed by atoms with Crippen LogP contribution in [-0.2, 0) is 5.41 Å². The third kappa shape index (κ3) is 2.97. The number of pyridine rings is 1. The van der Waals surface area contributed by atoms with E-state index >= 15 is 0 Å². The van der Waals surface area contributed by atoms with Gasteiger partial charge in [0.25, 0.3) is 0 Å². The zero-order chi connectivity index (χ0) is 20.0. The number of nitrogens with zero attached hydrogens (tertiary/aromatic N) is 2. The Morgan fingerprint density at radius 1 is 0.931 bits per heavy atom. The smallest absolute Gasteiger partial charge is 0.137 e. The van der Waals surface area contributed by atoms with Gasteiger partial charge >= 0.3 is 0 Å². The molecule has 2 aliphatic rings. The molecular formula is C26H26N2O. The Morgan fingerprint density at radius 2 is 1.69 bits per heavy atom. The fourth-order valence-corrected chi connectivity index (χ4v) is 4.76. The molecule has 0 saturated carbocycles. The van der Waals surface area contributed by atoms with Crippen LogP contribution >= 0.6 is 0 Å². The lowest BCUT2D eigenvalue weighted by molar-refractivity contribution is 0.199. The van der Waals surface area contributed by atoms with Gasteiger partial charge < -0.3 is 5.11 Å². The first-order valence-corrected chi connectivity index (χ1v) is 10.4. The average molecular weight is 383 g/mol. The summed E-state index contributed by atoms with van der Waals surface area (Å²) in [5, 5.41) is 10.3. The molecule has 5 rings (SSSR count). The number of hydrogen-bond acceptors (Lipinski definition) is 3. The molecule has 1 aromatic heterocycles. The van der Waals surface area contributed by atoms with Crippen molar-refractivity contribution in [3.63, 3.8) is 0 Å². The van der Waals surface area contributed by atoms with E-state index in [1.807, 2.05) is 12.3 Å². The third-order valence-corrected chi connectivity index (χ3v) is 6.47. The summed E-state index contributed by atoms with van der Waals surface area (Å²) in [5.74, 6) is 1.25. The molecule has 3 nitrogen and oxygen atoms in total. The maximum absolute atomic E-state index is 10.3. The summed E-state index contributed by atoms with van der Waals surface area (Å²) in [6.45, 7) is 4.51. The second-order valence-electron chi connectivity index (χ2n) is 8.58. The van der Waals surface area contributed by atoms with Crippen LogP contribution in [0.3, 0.4) is 0 Å². The van der Waals surface area contributed by atoms with Gasteiger partial charge in [-0.2, -0.15) is 0 Å². The van der Waals surface area contributed by atoms with Crippen molar-refractivity contribution >= 4 is 11.5 Å². The van der Waals surface area contributed by atoms with Crippen molar-refractivity contribution in [2.24, 2.45) is 0 Å². The molecule has 3 aromatic rings. The molecule has 1 N–H and O–H groups in total. The molecule has 146 valence electrons. The predicted octanol–water partition coefficient (Wildman–Crippen LogP) is 5.68. The monoisotopic (exact) mass is 382 g/mol. The minimum atomic E-state index is -0.387. The Labute approximate surface area is 172 Å². The highest BCUT2D eigenvalue weighted by molar-refractivity contribution is 5.77. The van der Waals surface area contributed by atoms with Gasteiger partial charge in [0.05, 0.1) is 11.8 Å². The van der Waals surface area contributed by atoms with Gasteiger partial charge in [0.15, 0.2) is 0 Å². The first-order chi connectivity index (χ1) is 14.1. The van der Waals surface area contributed by atoms with Crippen molar-refractivity contribution < 1.29 is 5.11 Å². The van der Waals surface area contributed by atoms with E-state index in [1.54, 1.807) is 0 Å². The van der Waals surface area contributed by atoms with E-state index in [-0.39, 0.29) is 11.5 Å². The fraction of sp³-hybridized carbons (Fsp3) is 0.269. The van der Waals surface area contributed by atoms with Gasteiger partial charge in [-0.1, -0.05) is 62.4 Å². The van der Waals surface area contributed by atoms with Gasteiger partial charge in [0, 0.05) is 23.2 Å². The van der Waals surface area contributed by atoms with Gasteiger partial charge in [-0.25, -0.2) is 4.98 Å². The van der Waals surface area contributed by atoms with Crippen LogP contribution in [-0.4, -0.2) is 16.2 Å². The predicted molar refractivity (Wildman–Crippen MR) is 117 cm³/mol. The summed E-state index contributed by atoms with van der Waals surface area (Å²) in [5.41, 5.74) is 6.06. The summed E-state index contributed by atoms with van der Waals surface area (Å²) >= 11 is 0. The van der Waals surface area contributed by atoms with Crippen LogP contribution in [0.1, 0.15) is 49.3 Å². The third-order valence-electron chi connectivity index (χ3n) is 6.47. The van der Waals surface area contributed by atoms with Crippen LogP contribution in [0, 0.1) is 0 Å². The Morgan fingerprint density at radius 3 is 2.52 bits per heavy atom. The number of aliphatic hydroxyl groups excluding tert-OH is 1. The number of fused-ring (bicyclic) bond motifs is 3. The molecule has 0 radical (unpaired) electrons. The molecule has 0 amide bonds. The largest absolute Gasteiger partial charge is 0.389 e. The summed E-state index contributed by atoms with van der Waals surface area (Å²) in [6, 6.07) is 23.5. The Bertz CT molecular complexity index is 1070. The quantitative estimate of drug-likeness (QED) is 0.633. The fourth-order valence-electron chi connectivity index (χ4n) is 4.76. The maximum Gasteiger partial charge on any atom is 0.137 e. The number of allylic oxidation sites excluding steroid dienone is 1. The minimum Gasteiger partial charge on any atom is -0.389 e. The van der Waals surface area contributed by atoms with Crippen molar-refractivity contribution in [2.45, 2.75) is 44.1 Å². The number of anilines is 2. The molecule has 2 heterocycles. The van der Waals surface area contributed by atoms with Crippen molar-refractivity contribution in [1.29, 1.82) is 0 Å². The molecule has 0 bridgehead atoms. The van der Waals surface area contributed by atoms with Crippen LogP contribution in [0.4, 0.5) is 11.5 Å². The van der Waals surface area contributed by atoms with Gasteiger partial charge in [0.1, 0.15) is 5.82 Å². The lowest BCUT2D eigenvalue weighted by atomic mass is 9.78. The highest BCUT2D eigenvalue weighted by Crippen LogP contribution is 2.51. The second-order valence-corrected chi connectivity index (χ2v) is 8.58. The number of benzene rings is 2. The Kier molecular flexibility index (Phi) is 4.29. The highest BCUT2D eigenvalue weighted by Gasteiger charge is 2.38.